The van der Waals surface area contributed by atoms with Crippen LogP contribution in [0.3, 0.4) is 0 Å². The number of nitrogens with zero attached hydrogens (tertiary/aromatic N) is 1. The van der Waals surface area contributed by atoms with Crippen LogP contribution >= 0.6 is 0 Å². The third kappa shape index (κ3) is 3.42. The van der Waals surface area contributed by atoms with Gasteiger partial charge in [-0.25, -0.2) is 4.79 Å². The van der Waals surface area contributed by atoms with Gasteiger partial charge in [-0.05, 0) is 12.8 Å². The molecule has 0 heterocycles. The van der Waals surface area contributed by atoms with Crippen LogP contribution in [0.2, 0.25) is 0 Å². The highest BCUT2D eigenvalue weighted by Gasteiger charge is 2.24. The molecular formula is C14H18N2O5. The van der Waals surface area contributed by atoms with Gasteiger partial charge in [0.2, 0.25) is 0 Å². The first-order valence-corrected chi connectivity index (χ1v) is 6.89. The Balaban J connectivity index is 2.37. The van der Waals surface area contributed by atoms with Gasteiger partial charge in [0.25, 0.3) is 5.69 Å². The number of aromatic carboxylic acids is 1. The molecule has 21 heavy (non-hydrogen) atoms. The van der Waals surface area contributed by atoms with E-state index in [1.807, 2.05) is 0 Å². The lowest BCUT2D eigenvalue weighted by Gasteiger charge is -2.24. The fraction of sp³-hybridized carbons (Fsp3) is 0.500. The predicted molar refractivity (Wildman–Crippen MR) is 77.1 cm³/mol. The first-order valence-electron chi connectivity index (χ1n) is 6.89. The summed E-state index contributed by atoms with van der Waals surface area (Å²) < 4.78 is 5.03. The van der Waals surface area contributed by atoms with Crippen LogP contribution in [-0.2, 0) is 0 Å². The fourth-order valence-corrected chi connectivity index (χ4v) is 2.64. The monoisotopic (exact) mass is 294 g/mol. The number of carbonyl (C=O) groups is 1. The van der Waals surface area contributed by atoms with Gasteiger partial charge >= 0.3 is 5.97 Å². The standard InChI is InChI=1S/C14H18N2O5/c1-21-13-8-11(15-9-5-3-2-4-6-9)12(16(19)20)7-10(13)14(17)18/h7-9,15H,2-6H2,1H3,(H,17,18). The lowest BCUT2D eigenvalue weighted by atomic mass is 9.95. The molecule has 1 aromatic rings. The van der Waals surface area contributed by atoms with Gasteiger partial charge in [-0.1, -0.05) is 19.3 Å². The second-order valence-electron chi connectivity index (χ2n) is 5.11. The van der Waals surface area contributed by atoms with E-state index in [4.69, 9.17) is 9.84 Å². The average molecular weight is 294 g/mol. The van der Waals surface area contributed by atoms with Crippen LogP contribution in [0.1, 0.15) is 42.5 Å². The molecule has 0 spiro atoms. The number of rotatable bonds is 5. The summed E-state index contributed by atoms with van der Waals surface area (Å²) >= 11 is 0. The molecular weight excluding hydrogens is 276 g/mol. The number of benzene rings is 1. The van der Waals surface area contributed by atoms with Crippen molar-refractivity contribution in [3.05, 3.63) is 27.8 Å². The first-order chi connectivity index (χ1) is 10.0. The Kier molecular flexibility index (Phi) is 4.62. The van der Waals surface area contributed by atoms with E-state index in [0.29, 0.717) is 5.69 Å². The maximum atomic E-state index is 11.2. The summed E-state index contributed by atoms with van der Waals surface area (Å²) in [4.78, 5) is 21.7. The molecule has 114 valence electrons. The van der Waals surface area contributed by atoms with Gasteiger partial charge in [0, 0.05) is 18.2 Å². The van der Waals surface area contributed by atoms with E-state index >= 15 is 0 Å². The van der Waals surface area contributed by atoms with E-state index in [1.165, 1.54) is 19.6 Å². The van der Waals surface area contributed by atoms with Crippen LogP contribution in [0.5, 0.6) is 5.75 Å². The van der Waals surface area contributed by atoms with Crippen LogP contribution in [-0.4, -0.2) is 29.2 Å². The van der Waals surface area contributed by atoms with Crippen molar-refractivity contribution < 1.29 is 19.6 Å². The van der Waals surface area contributed by atoms with Crippen molar-refractivity contribution >= 4 is 17.3 Å². The van der Waals surface area contributed by atoms with Gasteiger partial charge in [-0.2, -0.15) is 0 Å². The molecule has 0 aliphatic heterocycles. The van der Waals surface area contributed by atoms with Gasteiger partial charge in [0.1, 0.15) is 17.0 Å². The van der Waals surface area contributed by atoms with E-state index < -0.39 is 10.9 Å². The number of anilines is 1. The average Bonchev–Trinajstić information content (AvgIpc) is 2.47. The number of ether oxygens (including phenoxy) is 1. The minimum absolute atomic E-state index is 0.117. The summed E-state index contributed by atoms with van der Waals surface area (Å²) in [5, 5.41) is 23.4. The predicted octanol–water partition coefficient (Wildman–Crippen LogP) is 3.05. The van der Waals surface area contributed by atoms with Crippen molar-refractivity contribution in [2.45, 2.75) is 38.1 Å². The van der Waals surface area contributed by atoms with Crippen molar-refractivity contribution in [1.29, 1.82) is 0 Å². The third-order valence-corrected chi connectivity index (χ3v) is 3.71. The second kappa shape index (κ2) is 6.43. The van der Waals surface area contributed by atoms with Gasteiger partial charge < -0.3 is 15.2 Å². The Labute approximate surface area is 122 Å². The molecule has 0 aromatic heterocycles. The molecule has 0 atom stereocenters. The number of carboxylic acids is 1. The smallest absolute Gasteiger partial charge is 0.339 e. The summed E-state index contributed by atoms with van der Waals surface area (Å²) in [5.41, 5.74) is -0.133. The summed E-state index contributed by atoms with van der Waals surface area (Å²) in [7, 11) is 1.35. The maximum absolute atomic E-state index is 11.2. The molecule has 0 saturated heterocycles. The van der Waals surface area contributed by atoms with Gasteiger partial charge in [0.05, 0.1) is 12.0 Å². The molecule has 2 N–H and O–H groups in total. The normalized spacial score (nSPS) is 15.5. The second-order valence-corrected chi connectivity index (χ2v) is 5.11. The Hall–Kier alpha value is -2.31. The Bertz CT molecular complexity index is 553. The highest BCUT2D eigenvalue weighted by Crippen LogP contribution is 2.34. The van der Waals surface area contributed by atoms with E-state index in [-0.39, 0.29) is 23.0 Å². The lowest BCUT2D eigenvalue weighted by Crippen LogP contribution is -2.23. The highest BCUT2D eigenvalue weighted by atomic mass is 16.6. The molecule has 2 rings (SSSR count). The molecule has 7 nitrogen and oxygen atoms in total. The molecule has 1 saturated carbocycles. The van der Waals surface area contributed by atoms with Crippen LogP contribution in [0.15, 0.2) is 12.1 Å². The van der Waals surface area contributed by atoms with E-state index in [1.54, 1.807) is 0 Å². The maximum Gasteiger partial charge on any atom is 0.339 e. The molecule has 1 aromatic carbocycles. The Morgan fingerprint density at radius 1 is 1.38 bits per heavy atom. The number of methoxy groups -OCH3 is 1. The summed E-state index contributed by atoms with van der Waals surface area (Å²) in [6, 6.07) is 2.63. The molecule has 0 bridgehead atoms. The summed E-state index contributed by atoms with van der Waals surface area (Å²) in [5.74, 6) is -1.13. The molecule has 1 fully saturated rings. The van der Waals surface area contributed by atoms with Gasteiger partial charge in [0.15, 0.2) is 0 Å². The summed E-state index contributed by atoms with van der Waals surface area (Å²) in [6.07, 6.45) is 5.29. The largest absolute Gasteiger partial charge is 0.496 e. The minimum atomic E-state index is -1.25. The number of hydrogen-bond donors (Lipinski definition) is 2. The third-order valence-electron chi connectivity index (χ3n) is 3.71. The molecule has 1 aliphatic carbocycles. The van der Waals surface area contributed by atoms with E-state index in [2.05, 4.69) is 5.32 Å². The van der Waals surface area contributed by atoms with Crippen LogP contribution in [0, 0.1) is 10.1 Å². The topological polar surface area (TPSA) is 102 Å². The van der Waals surface area contributed by atoms with Crippen molar-refractivity contribution in [1.82, 2.24) is 0 Å². The van der Waals surface area contributed by atoms with E-state index in [9.17, 15) is 14.9 Å². The SMILES string of the molecule is COc1cc(NC2CCCCC2)c([N+](=O)[O-])cc1C(=O)O. The van der Waals surface area contributed by atoms with Crippen molar-refractivity contribution in [3.8, 4) is 5.75 Å². The van der Waals surface area contributed by atoms with Crippen LogP contribution in [0.25, 0.3) is 0 Å². The number of nitrogens with one attached hydrogen (secondary N) is 1. The van der Waals surface area contributed by atoms with Gasteiger partial charge in [-0.15, -0.1) is 0 Å². The lowest BCUT2D eigenvalue weighted by molar-refractivity contribution is -0.384. The van der Waals surface area contributed by atoms with Crippen LogP contribution in [0.4, 0.5) is 11.4 Å². The van der Waals surface area contributed by atoms with Crippen molar-refractivity contribution in [2.75, 3.05) is 12.4 Å². The Morgan fingerprint density at radius 2 is 2.05 bits per heavy atom. The molecule has 0 radical (unpaired) electrons. The van der Waals surface area contributed by atoms with Crippen LogP contribution < -0.4 is 10.1 Å². The fourth-order valence-electron chi connectivity index (χ4n) is 2.64. The molecule has 1 aliphatic rings. The molecule has 7 heteroatoms. The number of carboxylic acid groups (broad SMARTS) is 1. The van der Waals surface area contributed by atoms with Crippen molar-refractivity contribution in [2.24, 2.45) is 0 Å². The number of nitro groups is 1. The quantitative estimate of drug-likeness (QED) is 0.639. The molecule has 0 amide bonds. The number of hydrogen-bond acceptors (Lipinski definition) is 5. The highest BCUT2D eigenvalue weighted by molar-refractivity contribution is 5.93. The van der Waals surface area contributed by atoms with Crippen molar-refractivity contribution in [3.63, 3.8) is 0 Å². The minimum Gasteiger partial charge on any atom is -0.496 e. The Morgan fingerprint density at radius 3 is 2.57 bits per heavy atom. The summed E-state index contributed by atoms with van der Waals surface area (Å²) in [6.45, 7) is 0. The number of nitro benzene ring substituents is 1. The van der Waals surface area contributed by atoms with E-state index in [0.717, 1.165) is 31.7 Å². The van der Waals surface area contributed by atoms with Gasteiger partial charge in [-0.3, -0.25) is 10.1 Å². The molecule has 0 unspecified atom stereocenters. The zero-order valence-corrected chi connectivity index (χ0v) is 11.8. The first kappa shape index (κ1) is 15.1. The zero-order valence-electron chi connectivity index (χ0n) is 11.8. The zero-order chi connectivity index (χ0) is 15.4.